The van der Waals surface area contributed by atoms with Crippen molar-refractivity contribution in [3.05, 3.63) is 51.3 Å². The van der Waals surface area contributed by atoms with Gasteiger partial charge in [0.15, 0.2) is 5.43 Å². The smallest absolute Gasteiger partial charge is 0.341 e. The number of aromatic nitrogens is 1. The van der Waals surface area contributed by atoms with E-state index in [0.717, 1.165) is 54.9 Å². The van der Waals surface area contributed by atoms with Crippen LogP contribution in [0, 0.1) is 12.8 Å². The fraction of sp³-hybridized carbons (Fsp3) is 0.455. The Morgan fingerprint density at radius 3 is 2.70 bits per heavy atom. The van der Waals surface area contributed by atoms with Gasteiger partial charge in [0.05, 0.1) is 12.3 Å². The van der Waals surface area contributed by atoms with Gasteiger partial charge >= 0.3 is 5.97 Å². The van der Waals surface area contributed by atoms with E-state index < -0.39 is 11.4 Å². The summed E-state index contributed by atoms with van der Waals surface area (Å²) in [7, 11) is 0. The summed E-state index contributed by atoms with van der Waals surface area (Å²) in [6, 6.07) is 5.74. The predicted octanol–water partition coefficient (Wildman–Crippen LogP) is 3.75. The lowest BCUT2D eigenvalue weighted by Crippen LogP contribution is -2.46. The Hall–Kier alpha value is -2.56. The SMILES string of the molecule is Cc1cc2c(cc1OCC1CC1)CC1(CCC1)n1cc(C(=O)O)c(=O)cc1-2. The highest BCUT2D eigenvalue weighted by atomic mass is 16.5. The van der Waals surface area contributed by atoms with E-state index in [0.29, 0.717) is 5.92 Å². The average Bonchev–Trinajstić information content (AvgIpc) is 3.42. The number of aryl methyl sites for hydroxylation is 1. The zero-order valence-corrected chi connectivity index (χ0v) is 15.5. The van der Waals surface area contributed by atoms with Crippen molar-refractivity contribution in [2.75, 3.05) is 6.61 Å². The number of pyridine rings is 1. The summed E-state index contributed by atoms with van der Waals surface area (Å²) in [5.74, 6) is 0.482. The van der Waals surface area contributed by atoms with Gasteiger partial charge in [-0.15, -0.1) is 0 Å². The van der Waals surface area contributed by atoms with Crippen LogP contribution in [-0.2, 0) is 12.0 Å². The largest absolute Gasteiger partial charge is 0.493 e. The van der Waals surface area contributed by atoms with Crippen molar-refractivity contribution < 1.29 is 14.6 Å². The van der Waals surface area contributed by atoms with E-state index in [-0.39, 0.29) is 11.1 Å². The standard InChI is InChI=1S/C22H23NO4/c1-13-7-16-15(8-20(13)27-12-14-3-4-14)10-22(5-2-6-22)23-11-17(21(25)26)19(24)9-18(16)23/h7-9,11,14H,2-6,10,12H2,1H3,(H,25,26). The second kappa shape index (κ2) is 5.72. The Kier molecular flexibility index (Phi) is 3.51. The molecule has 0 unspecified atom stereocenters. The van der Waals surface area contributed by atoms with Crippen molar-refractivity contribution >= 4 is 5.97 Å². The van der Waals surface area contributed by atoms with E-state index >= 15 is 0 Å². The molecule has 5 nitrogen and oxygen atoms in total. The van der Waals surface area contributed by atoms with Gasteiger partial charge in [0.25, 0.3) is 0 Å². The predicted molar refractivity (Wildman–Crippen MR) is 102 cm³/mol. The molecule has 0 amide bonds. The monoisotopic (exact) mass is 365 g/mol. The minimum atomic E-state index is -1.16. The molecular formula is C22H23NO4. The van der Waals surface area contributed by atoms with Crippen LogP contribution >= 0.6 is 0 Å². The summed E-state index contributed by atoms with van der Waals surface area (Å²) in [6.07, 6.45) is 8.08. The highest BCUT2D eigenvalue weighted by Gasteiger charge is 2.43. The first kappa shape index (κ1) is 16.6. The highest BCUT2D eigenvalue weighted by molar-refractivity contribution is 5.88. The number of benzene rings is 1. The number of fused-ring (bicyclic) bond motifs is 4. The van der Waals surface area contributed by atoms with Crippen LogP contribution in [0.1, 0.15) is 53.6 Å². The summed E-state index contributed by atoms with van der Waals surface area (Å²) in [4.78, 5) is 23.8. The first-order valence-electron chi connectivity index (χ1n) is 9.74. The van der Waals surface area contributed by atoms with Crippen LogP contribution in [0.3, 0.4) is 0 Å². The van der Waals surface area contributed by atoms with Gasteiger partial charge in [-0.05, 0) is 74.6 Å². The van der Waals surface area contributed by atoms with Crippen LogP contribution in [0.4, 0.5) is 0 Å². The molecule has 1 aromatic carbocycles. The summed E-state index contributed by atoms with van der Waals surface area (Å²) >= 11 is 0. The number of rotatable bonds is 4. The molecule has 0 atom stereocenters. The second-order valence-corrected chi connectivity index (χ2v) is 8.40. The Morgan fingerprint density at radius 2 is 2.07 bits per heavy atom. The van der Waals surface area contributed by atoms with Gasteiger partial charge in [0, 0.05) is 23.4 Å². The Bertz CT molecular complexity index is 1010. The molecule has 0 saturated heterocycles. The third kappa shape index (κ3) is 2.59. The lowest BCUT2D eigenvalue weighted by atomic mass is 9.69. The molecule has 1 spiro atoms. The maximum atomic E-state index is 12.4. The quantitative estimate of drug-likeness (QED) is 0.896. The van der Waals surface area contributed by atoms with E-state index in [2.05, 4.69) is 16.7 Å². The van der Waals surface area contributed by atoms with E-state index in [4.69, 9.17) is 4.74 Å². The zero-order chi connectivity index (χ0) is 18.8. The minimum absolute atomic E-state index is 0.108. The minimum Gasteiger partial charge on any atom is -0.493 e. The van der Waals surface area contributed by atoms with E-state index in [9.17, 15) is 14.7 Å². The third-order valence-electron chi connectivity index (χ3n) is 6.44. The van der Waals surface area contributed by atoms with Crippen LogP contribution in [0.15, 0.2) is 29.2 Å². The molecule has 2 heterocycles. The molecule has 1 aromatic heterocycles. The van der Waals surface area contributed by atoms with Crippen molar-refractivity contribution in [3.8, 4) is 17.0 Å². The van der Waals surface area contributed by atoms with Crippen molar-refractivity contribution in [2.45, 2.75) is 51.0 Å². The summed E-state index contributed by atoms with van der Waals surface area (Å²) in [5, 5.41) is 9.38. The van der Waals surface area contributed by atoms with Gasteiger partial charge in [-0.2, -0.15) is 0 Å². The fourth-order valence-corrected chi connectivity index (χ4v) is 4.50. The maximum absolute atomic E-state index is 12.4. The van der Waals surface area contributed by atoms with Gasteiger partial charge < -0.3 is 14.4 Å². The Labute approximate surface area is 157 Å². The number of carboxylic acids is 1. The number of aromatic carboxylic acids is 1. The van der Waals surface area contributed by atoms with Crippen LogP contribution in [0.2, 0.25) is 0 Å². The number of hydrogen-bond donors (Lipinski definition) is 1. The van der Waals surface area contributed by atoms with Gasteiger partial charge in [-0.25, -0.2) is 4.79 Å². The van der Waals surface area contributed by atoms with Crippen LogP contribution in [0.25, 0.3) is 11.3 Å². The van der Waals surface area contributed by atoms with Crippen molar-refractivity contribution in [1.29, 1.82) is 0 Å². The molecule has 2 aliphatic carbocycles. The maximum Gasteiger partial charge on any atom is 0.341 e. The van der Waals surface area contributed by atoms with Crippen molar-refractivity contribution in [2.24, 2.45) is 5.92 Å². The highest BCUT2D eigenvalue weighted by Crippen LogP contribution is 2.49. The first-order valence-corrected chi connectivity index (χ1v) is 9.74. The van der Waals surface area contributed by atoms with Crippen LogP contribution in [0.5, 0.6) is 5.75 Å². The van der Waals surface area contributed by atoms with Gasteiger partial charge in [0.1, 0.15) is 11.3 Å². The Balaban J connectivity index is 1.65. The molecule has 0 radical (unpaired) electrons. The molecule has 2 saturated carbocycles. The van der Waals surface area contributed by atoms with Gasteiger partial charge in [-0.3, -0.25) is 4.79 Å². The van der Waals surface area contributed by atoms with Crippen LogP contribution in [-0.4, -0.2) is 22.2 Å². The molecule has 5 rings (SSSR count). The molecule has 2 aromatic rings. The van der Waals surface area contributed by atoms with E-state index in [1.54, 1.807) is 6.20 Å². The molecular weight excluding hydrogens is 342 g/mol. The summed E-state index contributed by atoms with van der Waals surface area (Å²) in [5.41, 5.74) is 3.44. The third-order valence-corrected chi connectivity index (χ3v) is 6.44. The first-order chi connectivity index (χ1) is 13.0. The lowest BCUT2D eigenvalue weighted by Gasteiger charge is -2.48. The number of ether oxygens (including phenoxy) is 1. The number of carboxylic acid groups (broad SMARTS) is 1. The number of hydrogen-bond acceptors (Lipinski definition) is 3. The molecule has 140 valence electrons. The molecule has 1 aliphatic heterocycles. The number of nitrogens with zero attached hydrogens (tertiary/aromatic N) is 1. The molecule has 0 bridgehead atoms. The van der Waals surface area contributed by atoms with Gasteiger partial charge in [0.2, 0.25) is 0 Å². The molecule has 5 heteroatoms. The average molecular weight is 365 g/mol. The lowest BCUT2D eigenvalue weighted by molar-refractivity contribution is 0.0691. The molecule has 3 aliphatic rings. The van der Waals surface area contributed by atoms with E-state index in [1.807, 2.05) is 6.92 Å². The zero-order valence-electron chi connectivity index (χ0n) is 15.5. The number of carbonyl (C=O) groups is 1. The van der Waals surface area contributed by atoms with Crippen molar-refractivity contribution in [3.63, 3.8) is 0 Å². The topological polar surface area (TPSA) is 68.5 Å². The van der Waals surface area contributed by atoms with E-state index in [1.165, 1.54) is 24.5 Å². The normalized spacial score (nSPS) is 19.1. The fourth-order valence-electron chi connectivity index (χ4n) is 4.50. The molecule has 2 fully saturated rings. The van der Waals surface area contributed by atoms with Gasteiger partial charge in [-0.1, -0.05) is 0 Å². The summed E-state index contributed by atoms with van der Waals surface area (Å²) < 4.78 is 8.13. The van der Waals surface area contributed by atoms with Crippen molar-refractivity contribution in [1.82, 2.24) is 4.57 Å². The second-order valence-electron chi connectivity index (χ2n) is 8.40. The van der Waals surface area contributed by atoms with Crippen LogP contribution < -0.4 is 10.2 Å². The Morgan fingerprint density at radius 1 is 1.30 bits per heavy atom. The molecule has 27 heavy (non-hydrogen) atoms. The summed E-state index contributed by atoms with van der Waals surface area (Å²) in [6.45, 7) is 2.81. The molecule has 1 N–H and O–H groups in total.